The number of benzene rings is 1. The summed E-state index contributed by atoms with van der Waals surface area (Å²) >= 11 is 0. The Hall–Kier alpha value is -1.38. The number of nitrogens with two attached hydrogens (primary N) is 1. The van der Waals surface area contributed by atoms with Crippen molar-refractivity contribution in [2.45, 2.75) is 33.6 Å². The molecule has 0 atom stereocenters. The van der Waals surface area contributed by atoms with Crippen molar-refractivity contribution in [3.8, 4) is 0 Å². The van der Waals surface area contributed by atoms with Gasteiger partial charge in [0.25, 0.3) is 0 Å². The van der Waals surface area contributed by atoms with E-state index in [0.717, 1.165) is 11.6 Å². The molecule has 0 aliphatic heterocycles. The van der Waals surface area contributed by atoms with E-state index in [1.807, 2.05) is 27.7 Å². The minimum atomic E-state index is -0.596. The molecule has 0 fully saturated rings. The Balaban J connectivity index is 0.000000921. The Kier molecular flexibility index (Phi) is 5.60. The molecule has 3 heteroatoms. The fourth-order valence-electron chi connectivity index (χ4n) is 1.09. The molecule has 1 rings (SSSR count). The van der Waals surface area contributed by atoms with Gasteiger partial charge in [0.2, 0.25) is 5.91 Å². The first-order valence-electron chi connectivity index (χ1n) is 5.11. The lowest BCUT2D eigenvalue weighted by Crippen LogP contribution is -2.11. The van der Waals surface area contributed by atoms with Crippen LogP contribution in [0.2, 0.25) is 0 Å². The van der Waals surface area contributed by atoms with Gasteiger partial charge in [0, 0.05) is 5.56 Å². The zero-order valence-corrected chi connectivity index (χ0v) is 9.67. The number of carbonyl (C=O) groups is 1. The maximum atomic E-state index is 12.9. The summed E-state index contributed by atoms with van der Waals surface area (Å²) in [5.74, 6) is -0.824. The van der Waals surface area contributed by atoms with Crippen LogP contribution in [0.3, 0.4) is 0 Å². The van der Waals surface area contributed by atoms with E-state index >= 15 is 0 Å². The van der Waals surface area contributed by atoms with E-state index in [1.54, 1.807) is 6.07 Å². The number of carbonyl (C=O) groups excluding carboxylic acids is 1. The van der Waals surface area contributed by atoms with Crippen LogP contribution < -0.4 is 5.73 Å². The smallest absolute Gasteiger partial charge is 0.248 e. The molecule has 0 saturated heterocycles. The van der Waals surface area contributed by atoms with Gasteiger partial charge in [-0.2, -0.15) is 0 Å². The predicted molar refractivity (Wildman–Crippen MR) is 60.4 cm³/mol. The van der Waals surface area contributed by atoms with Crippen molar-refractivity contribution >= 4 is 5.91 Å². The summed E-state index contributed by atoms with van der Waals surface area (Å²) in [6.07, 6.45) is 0. The van der Waals surface area contributed by atoms with E-state index in [-0.39, 0.29) is 11.5 Å². The molecule has 0 spiro atoms. The van der Waals surface area contributed by atoms with Gasteiger partial charge in [0.05, 0.1) is 0 Å². The van der Waals surface area contributed by atoms with Crippen molar-refractivity contribution in [3.05, 3.63) is 35.1 Å². The first-order valence-corrected chi connectivity index (χ1v) is 5.11. The van der Waals surface area contributed by atoms with Crippen molar-refractivity contribution in [1.29, 1.82) is 0 Å². The summed E-state index contributed by atoms with van der Waals surface area (Å²) in [5.41, 5.74) is 6.06. The molecular weight excluding hydrogens is 193 g/mol. The molecule has 0 aliphatic carbocycles. The van der Waals surface area contributed by atoms with E-state index < -0.39 is 11.7 Å². The van der Waals surface area contributed by atoms with Crippen LogP contribution in [0.15, 0.2) is 18.2 Å². The second-order valence-electron chi connectivity index (χ2n) is 3.29. The lowest BCUT2D eigenvalue weighted by Gasteiger charge is -2.06. The summed E-state index contributed by atoms with van der Waals surface area (Å²) in [4.78, 5) is 10.8. The summed E-state index contributed by atoms with van der Waals surface area (Å²) in [6.45, 7) is 7.86. The van der Waals surface area contributed by atoms with Crippen LogP contribution in [0, 0.1) is 5.82 Å². The molecule has 0 unspecified atom stereocenters. The summed E-state index contributed by atoms with van der Waals surface area (Å²) in [7, 11) is 0. The third-order valence-corrected chi connectivity index (χ3v) is 1.87. The average Bonchev–Trinajstić information content (AvgIpc) is 2.19. The molecule has 1 aromatic carbocycles. The minimum Gasteiger partial charge on any atom is -0.366 e. The normalized spacial score (nSPS) is 9.47. The monoisotopic (exact) mass is 211 g/mol. The molecule has 0 aromatic heterocycles. The van der Waals surface area contributed by atoms with Gasteiger partial charge >= 0.3 is 0 Å². The van der Waals surface area contributed by atoms with E-state index in [2.05, 4.69) is 0 Å². The Bertz CT molecular complexity index is 334. The quantitative estimate of drug-likeness (QED) is 0.802. The zero-order valence-electron chi connectivity index (χ0n) is 9.67. The third-order valence-electron chi connectivity index (χ3n) is 1.87. The summed E-state index contributed by atoms with van der Waals surface area (Å²) in [5, 5.41) is 0. The van der Waals surface area contributed by atoms with E-state index in [0.29, 0.717) is 0 Å². The summed E-state index contributed by atoms with van der Waals surface area (Å²) < 4.78 is 12.9. The molecule has 0 heterocycles. The van der Waals surface area contributed by atoms with Crippen molar-refractivity contribution in [3.63, 3.8) is 0 Å². The lowest BCUT2D eigenvalue weighted by molar-refractivity contribution is 0.0999. The molecule has 84 valence electrons. The molecule has 15 heavy (non-hydrogen) atoms. The molecule has 2 nitrogen and oxygen atoms in total. The molecule has 0 radical (unpaired) electrons. The average molecular weight is 211 g/mol. The fourth-order valence-corrected chi connectivity index (χ4v) is 1.09. The highest BCUT2D eigenvalue weighted by atomic mass is 19.1. The van der Waals surface area contributed by atoms with Crippen LogP contribution in [0.4, 0.5) is 4.39 Å². The Morgan fingerprint density at radius 1 is 1.27 bits per heavy atom. The van der Waals surface area contributed by atoms with Crippen LogP contribution in [-0.4, -0.2) is 5.91 Å². The molecule has 1 amide bonds. The molecule has 2 N–H and O–H groups in total. The predicted octanol–water partition coefficient (Wildman–Crippen LogP) is 3.07. The molecular formula is C12H18FNO. The van der Waals surface area contributed by atoms with Crippen LogP contribution in [0.25, 0.3) is 0 Å². The minimum absolute atomic E-state index is 0.189. The van der Waals surface area contributed by atoms with Gasteiger partial charge in [-0.15, -0.1) is 0 Å². The number of rotatable bonds is 2. The number of halogens is 1. The van der Waals surface area contributed by atoms with Crippen LogP contribution in [0.5, 0.6) is 0 Å². The van der Waals surface area contributed by atoms with Crippen LogP contribution in [0.1, 0.15) is 49.5 Å². The van der Waals surface area contributed by atoms with E-state index in [9.17, 15) is 9.18 Å². The SMILES string of the molecule is CC.CC(C)c1cc(F)cc(C(N)=O)c1. The third kappa shape index (κ3) is 4.11. The second kappa shape index (κ2) is 6.17. The Labute approximate surface area is 90.3 Å². The van der Waals surface area contributed by atoms with Crippen molar-refractivity contribution in [1.82, 2.24) is 0 Å². The highest BCUT2D eigenvalue weighted by Gasteiger charge is 2.07. The van der Waals surface area contributed by atoms with Gasteiger partial charge in [0.1, 0.15) is 5.82 Å². The molecule has 1 aromatic rings. The molecule has 0 aliphatic rings. The standard InChI is InChI=1S/C10H12FNO.C2H6/c1-6(2)7-3-8(10(12)13)5-9(11)4-7;1-2/h3-6H,1-2H3,(H2,12,13);1-2H3. The summed E-state index contributed by atoms with van der Waals surface area (Å²) in [6, 6.07) is 4.18. The highest BCUT2D eigenvalue weighted by Crippen LogP contribution is 2.17. The molecule has 0 bridgehead atoms. The van der Waals surface area contributed by atoms with Crippen molar-refractivity contribution < 1.29 is 9.18 Å². The molecule has 0 saturated carbocycles. The topological polar surface area (TPSA) is 43.1 Å². The van der Waals surface area contributed by atoms with Gasteiger partial charge in [0.15, 0.2) is 0 Å². The second-order valence-corrected chi connectivity index (χ2v) is 3.29. The first kappa shape index (κ1) is 13.6. The van der Waals surface area contributed by atoms with Crippen LogP contribution >= 0.6 is 0 Å². The van der Waals surface area contributed by atoms with Gasteiger partial charge in [-0.05, 0) is 29.7 Å². The number of hydrogen-bond acceptors (Lipinski definition) is 1. The Morgan fingerprint density at radius 3 is 2.20 bits per heavy atom. The lowest BCUT2D eigenvalue weighted by atomic mass is 10.0. The number of amides is 1. The number of hydrogen-bond donors (Lipinski definition) is 1. The van der Waals surface area contributed by atoms with Crippen molar-refractivity contribution in [2.75, 3.05) is 0 Å². The maximum Gasteiger partial charge on any atom is 0.248 e. The van der Waals surface area contributed by atoms with Crippen LogP contribution in [-0.2, 0) is 0 Å². The zero-order chi connectivity index (χ0) is 12.0. The fraction of sp³-hybridized carbons (Fsp3) is 0.417. The van der Waals surface area contributed by atoms with Crippen molar-refractivity contribution in [2.24, 2.45) is 5.73 Å². The van der Waals surface area contributed by atoms with Gasteiger partial charge < -0.3 is 5.73 Å². The van der Waals surface area contributed by atoms with Gasteiger partial charge in [-0.25, -0.2) is 4.39 Å². The Morgan fingerprint density at radius 2 is 1.80 bits per heavy atom. The van der Waals surface area contributed by atoms with E-state index in [1.165, 1.54) is 6.07 Å². The van der Waals surface area contributed by atoms with Gasteiger partial charge in [-0.1, -0.05) is 27.7 Å². The number of primary amides is 1. The van der Waals surface area contributed by atoms with E-state index in [4.69, 9.17) is 5.73 Å². The largest absolute Gasteiger partial charge is 0.366 e. The van der Waals surface area contributed by atoms with Gasteiger partial charge in [-0.3, -0.25) is 4.79 Å². The first-order chi connectivity index (χ1) is 7.00. The highest BCUT2D eigenvalue weighted by molar-refractivity contribution is 5.92. The maximum absolute atomic E-state index is 12.9.